The highest BCUT2D eigenvalue weighted by molar-refractivity contribution is 7.92. The second-order valence-electron chi connectivity index (χ2n) is 8.26. The van der Waals surface area contributed by atoms with Crippen molar-refractivity contribution in [3.63, 3.8) is 0 Å². The summed E-state index contributed by atoms with van der Waals surface area (Å²) < 4.78 is 56.3. The van der Waals surface area contributed by atoms with E-state index in [2.05, 4.69) is 0 Å². The Morgan fingerprint density at radius 1 is 0.926 bits per heavy atom. The van der Waals surface area contributed by atoms with E-state index in [1.165, 1.54) is 0 Å². The summed E-state index contributed by atoms with van der Waals surface area (Å²) >= 11 is 0. The largest absolute Gasteiger partial charge is 0.348 e. The van der Waals surface area contributed by atoms with Crippen LogP contribution in [0.5, 0.6) is 0 Å². The molecule has 4 rings (SSSR count). The number of ether oxygens (including phenoxy) is 5. The first kappa shape index (κ1) is 19.3. The van der Waals surface area contributed by atoms with Crippen LogP contribution >= 0.6 is 0 Å². The SMILES string of the molecule is Cc1ccc(S(=O)(=O)C2C(C3COC(C)(C)O3)OC3OC(C)(C)OC32)cc1. The molecule has 3 heterocycles. The number of benzene rings is 1. The Morgan fingerprint density at radius 2 is 1.59 bits per heavy atom. The molecule has 8 heteroatoms. The Morgan fingerprint density at radius 3 is 2.19 bits per heavy atom. The molecule has 0 aliphatic carbocycles. The Labute approximate surface area is 159 Å². The first-order chi connectivity index (χ1) is 12.5. The van der Waals surface area contributed by atoms with Crippen molar-refractivity contribution in [1.82, 2.24) is 0 Å². The number of fused-ring (bicyclic) bond motifs is 1. The standard InChI is InChI=1S/C19H26O7S/c1-11-6-8-12(9-7-11)27(20,21)16-14(13-10-22-18(2,3)24-13)23-17-15(16)25-19(4,5)26-17/h6-9,13-17H,10H2,1-5H3. The van der Waals surface area contributed by atoms with E-state index in [1.54, 1.807) is 52.0 Å². The quantitative estimate of drug-likeness (QED) is 0.772. The van der Waals surface area contributed by atoms with Gasteiger partial charge < -0.3 is 23.7 Å². The van der Waals surface area contributed by atoms with Gasteiger partial charge >= 0.3 is 0 Å². The number of aryl methyl sites for hydroxylation is 1. The van der Waals surface area contributed by atoms with Crippen molar-refractivity contribution in [3.05, 3.63) is 29.8 Å². The molecule has 3 saturated heterocycles. The molecule has 0 aromatic heterocycles. The van der Waals surface area contributed by atoms with Gasteiger partial charge in [0.1, 0.15) is 23.6 Å². The number of hydrogen-bond acceptors (Lipinski definition) is 7. The van der Waals surface area contributed by atoms with Gasteiger partial charge in [0.2, 0.25) is 0 Å². The maximum absolute atomic E-state index is 13.5. The Kier molecular flexibility index (Phi) is 4.46. The average molecular weight is 398 g/mol. The van der Waals surface area contributed by atoms with Gasteiger partial charge in [-0.3, -0.25) is 0 Å². The highest BCUT2D eigenvalue weighted by atomic mass is 32.2. The number of rotatable bonds is 3. The molecule has 0 radical (unpaired) electrons. The van der Waals surface area contributed by atoms with Crippen LogP contribution < -0.4 is 0 Å². The fourth-order valence-corrected chi connectivity index (χ4v) is 5.88. The van der Waals surface area contributed by atoms with Crippen LogP contribution in [-0.2, 0) is 33.5 Å². The smallest absolute Gasteiger partial charge is 0.189 e. The zero-order chi connectivity index (χ0) is 19.6. The molecule has 1 aromatic rings. The zero-order valence-corrected chi connectivity index (χ0v) is 17.0. The van der Waals surface area contributed by atoms with Gasteiger partial charge in [0.05, 0.1) is 11.5 Å². The molecule has 0 bridgehead atoms. The third-order valence-electron chi connectivity index (χ3n) is 5.13. The van der Waals surface area contributed by atoms with Crippen molar-refractivity contribution >= 4 is 9.84 Å². The second-order valence-corrected chi connectivity index (χ2v) is 10.4. The number of hydrogen-bond donors (Lipinski definition) is 0. The van der Waals surface area contributed by atoms with Crippen molar-refractivity contribution in [2.75, 3.05) is 6.61 Å². The van der Waals surface area contributed by atoms with Crippen molar-refractivity contribution in [3.8, 4) is 0 Å². The molecule has 150 valence electrons. The molecule has 5 unspecified atom stereocenters. The minimum Gasteiger partial charge on any atom is -0.348 e. The Balaban J connectivity index is 1.71. The van der Waals surface area contributed by atoms with Gasteiger partial charge in [-0.1, -0.05) is 17.7 Å². The molecular formula is C19H26O7S. The molecule has 27 heavy (non-hydrogen) atoms. The van der Waals surface area contributed by atoms with Gasteiger partial charge in [-0.15, -0.1) is 0 Å². The van der Waals surface area contributed by atoms with Crippen LogP contribution in [0.1, 0.15) is 33.3 Å². The van der Waals surface area contributed by atoms with Gasteiger partial charge in [-0.2, -0.15) is 0 Å². The van der Waals surface area contributed by atoms with Crippen LogP contribution in [0.3, 0.4) is 0 Å². The minimum atomic E-state index is -3.75. The first-order valence-electron chi connectivity index (χ1n) is 9.12. The highest BCUT2D eigenvalue weighted by Crippen LogP contribution is 2.44. The fraction of sp³-hybridized carbons (Fsp3) is 0.684. The van der Waals surface area contributed by atoms with E-state index >= 15 is 0 Å². The van der Waals surface area contributed by atoms with Crippen molar-refractivity contribution < 1.29 is 32.1 Å². The fourth-order valence-electron chi connectivity index (χ4n) is 3.92. The molecule has 0 saturated carbocycles. The van der Waals surface area contributed by atoms with Gasteiger partial charge in [-0.25, -0.2) is 8.42 Å². The summed E-state index contributed by atoms with van der Waals surface area (Å²) in [5, 5.41) is -0.950. The molecule has 3 aliphatic heterocycles. The molecular weight excluding hydrogens is 372 g/mol. The summed E-state index contributed by atoms with van der Waals surface area (Å²) in [7, 11) is -3.75. The van der Waals surface area contributed by atoms with Crippen LogP contribution in [0.2, 0.25) is 0 Å². The van der Waals surface area contributed by atoms with Crippen LogP contribution in [0.4, 0.5) is 0 Å². The van der Waals surface area contributed by atoms with E-state index < -0.39 is 51.3 Å². The predicted molar refractivity (Wildman–Crippen MR) is 95.8 cm³/mol. The Bertz CT molecular complexity index is 815. The van der Waals surface area contributed by atoms with Crippen molar-refractivity contribution in [2.45, 2.75) is 80.9 Å². The van der Waals surface area contributed by atoms with Crippen LogP contribution in [0.15, 0.2) is 29.2 Å². The lowest BCUT2D eigenvalue weighted by atomic mass is 10.1. The predicted octanol–water partition coefficient (Wildman–Crippen LogP) is 2.17. The minimum absolute atomic E-state index is 0.235. The van der Waals surface area contributed by atoms with E-state index in [0.29, 0.717) is 0 Å². The third-order valence-corrected chi connectivity index (χ3v) is 7.31. The van der Waals surface area contributed by atoms with E-state index in [9.17, 15) is 8.42 Å². The summed E-state index contributed by atoms with van der Waals surface area (Å²) in [6.07, 6.45) is -2.76. The summed E-state index contributed by atoms with van der Waals surface area (Å²) in [6, 6.07) is 6.80. The third kappa shape index (κ3) is 3.43. The van der Waals surface area contributed by atoms with Crippen molar-refractivity contribution in [1.29, 1.82) is 0 Å². The maximum Gasteiger partial charge on any atom is 0.189 e. The summed E-state index contributed by atoms with van der Waals surface area (Å²) in [4.78, 5) is 0.235. The highest BCUT2D eigenvalue weighted by Gasteiger charge is 2.62. The molecule has 0 amide bonds. The Hall–Kier alpha value is -1.03. The summed E-state index contributed by atoms with van der Waals surface area (Å²) in [5.74, 6) is -1.70. The van der Waals surface area contributed by atoms with Crippen LogP contribution in [0, 0.1) is 6.92 Å². The lowest BCUT2D eigenvalue weighted by Gasteiger charge is -2.28. The topological polar surface area (TPSA) is 80.3 Å². The molecule has 1 aromatic carbocycles. The van der Waals surface area contributed by atoms with E-state index in [1.807, 2.05) is 6.92 Å². The first-order valence-corrected chi connectivity index (χ1v) is 10.7. The molecule has 5 atom stereocenters. The average Bonchev–Trinajstić information content (AvgIpc) is 3.16. The molecule has 0 spiro atoms. The molecule has 3 fully saturated rings. The monoisotopic (exact) mass is 398 g/mol. The second kappa shape index (κ2) is 6.23. The van der Waals surface area contributed by atoms with Gasteiger partial charge in [-0.05, 0) is 46.8 Å². The van der Waals surface area contributed by atoms with E-state index in [0.717, 1.165) is 5.56 Å². The van der Waals surface area contributed by atoms with E-state index in [-0.39, 0.29) is 11.5 Å². The van der Waals surface area contributed by atoms with Gasteiger partial charge in [0.25, 0.3) is 0 Å². The maximum atomic E-state index is 13.5. The van der Waals surface area contributed by atoms with Crippen LogP contribution in [0.25, 0.3) is 0 Å². The molecule has 7 nitrogen and oxygen atoms in total. The van der Waals surface area contributed by atoms with E-state index in [4.69, 9.17) is 23.7 Å². The van der Waals surface area contributed by atoms with Crippen molar-refractivity contribution in [2.24, 2.45) is 0 Å². The summed E-state index contributed by atoms with van der Waals surface area (Å²) in [5.41, 5.74) is 0.988. The summed E-state index contributed by atoms with van der Waals surface area (Å²) in [6.45, 7) is 9.25. The van der Waals surface area contributed by atoms with Gasteiger partial charge in [0.15, 0.2) is 27.7 Å². The van der Waals surface area contributed by atoms with Crippen LogP contribution in [-0.4, -0.2) is 56.5 Å². The lowest BCUT2D eigenvalue weighted by molar-refractivity contribution is -0.220. The lowest BCUT2D eigenvalue weighted by Crippen LogP contribution is -2.47. The van der Waals surface area contributed by atoms with Gasteiger partial charge in [0, 0.05) is 0 Å². The zero-order valence-electron chi connectivity index (χ0n) is 16.2. The normalized spacial score (nSPS) is 37.4. The molecule has 0 N–H and O–H groups in total. The number of sulfone groups is 1. The molecule has 3 aliphatic rings.